The summed E-state index contributed by atoms with van der Waals surface area (Å²) in [7, 11) is 0. The number of amides is 1. The van der Waals surface area contributed by atoms with Crippen molar-refractivity contribution in [1.29, 1.82) is 0 Å². The molecule has 1 aliphatic carbocycles. The summed E-state index contributed by atoms with van der Waals surface area (Å²) in [4.78, 5) is 21.6. The van der Waals surface area contributed by atoms with E-state index >= 15 is 0 Å². The van der Waals surface area contributed by atoms with Gasteiger partial charge in [0.05, 0.1) is 6.54 Å². The van der Waals surface area contributed by atoms with Crippen LogP contribution in [-0.4, -0.2) is 24.3 Å². The minimum Gasteiger partial charge on any atom is -0.444 e. The predicted molar refractivity (Wildman–Crippen MR) is 61.2 cm³/mol. The molecule has 2 atom stereocenters. The van der Waals surface area contributed by atoms with E-state index in [-0.39, 0.29) is 12.1 Å². The second kappa shape index (κ2) is 5.27. The van der Waals surface area contributed by atoms with Crippen LogP contribution in [0.3, 0.4) is 0 Å². The molecule has 0 unspecified atom stereocenters. The zero-order valence-electron chi connectivity index (χ0n) is 10.2. The molecular formula is C11H20N2O3. The van der Waals surface area contributed by atoms with Gasteiger partial charge in [0.1, 0.15) is 5.60 Å². The van der Waals surface area contributed by atoms with E-state index in [9.17, 15) is 9.70 Å². The normalized spacial score (nSPS) is 25.2. The average Bonchev–Trinajstić information content (AvgIpc) is 2.49. The Bertz CT molecular complexity index is 260. The molecule has 0 heterocycles. The summed E-state index contributed by atoms with van der Waals surface area (Å²) >= 11 is 0. The van der Waals surface area contributed by atoms with Crippen LogP contribution in [0, 0.1) is 10.8 Å². The Labute approximate surface area is 95.9 Å². The molecule has 1 rings (SSSR count). The van der Waals surface area contributed by atoms with Gasteiger partial charge in [-0.2, -0.15) is 4.91 Å². The van der Waals surface area contributed by atoms with E-state index < -0.39 is 5.60 Å². The predicted octanol–water partition coefficient (Wildman–Crippen LogP) is 2.45. The van der Waals surface area contributed by atoms with E-state index in [2.05, 4.69) is 10.5 Å². The fourth-order valence-electron chi connectivity index (χ4n) is 1.95. The highest BCUT2D eigenvalue weighted by atomic mass is 16.6. The third-order valence-corrected chi connectivity index (χ3v) is 2.59. The molecule has 5 heteroatoms. The molecule has 1 fully saturated rings. The Morgan fingerprint density at radius 2 is 2.12 bits per heavy atom. The van der Waals surface area contributed by atoms with Crippen LogP contribution >= 0.6 is 0 Å². The van der Waals surface area contributed by atoms with Gasteiger partial charge in [0.2, 0.25) is 0 Å². The van der Waals surface area contributed by atoms with Crippen LogP contribution in [0.5, 0.6) is 0 Å². The molecule has 0 spiro atoms. The molecule has 0 aromatic carbocycles. The molecule has 0 saturated heterocycles. The van der Waals surface area contributed by atoms with Gasteiger partial charge in [-0.05, 0) is 46.0 Å². The molecule has 1 N–H and O–H groups in total. The van der Waals surface area contributed by atoms with Crippen molar-refractivity contribution in [2.24, 2.45) is 11.1 Å². The summed E-state index contributed by atoms with van der Waals surface area (Å²) in [5.74, 6) is 0.317. The van der Waals surface area contributed by atoms with Crippen molar-refractivity contribution in [2.45, 2.75) is 51.7 Å². The maximum atomic E-state index is 11.5. The number of nitrogens with zero attached hydrogens (tertiary/aromatic N) is 1. The van der Waals surface area contributed by atoms with Gasteiger partial charge in [-0.25, -0.2) is 4.79 Å². The lowest BCUT2D eigenvalue weighted by atomic mass is 10.1. The fraction of sp³-hybridized carbons (Fsp3) is 0.909. The summed E-state index contributed by atoms with van der Waals surface area (Å²) in [6.45, 7) is 5.85. The van der Waals surface area contributed by atoms with Gasteiger partial charge in [0, 0.05) is 6.04 Å². The maximum absolute atomic E-state index is 11.5. The molecule has 1 saturated carbocycles. The monoisotopic (exact) mass is 228 g/mol. The van der Waals surface area contributed by atoms with Crippen LogP contribution in [0.2, 0.25) is 0 Å². The number of carbonyl (C=O) groups excluding carboxylic acids is 1. The first-order valence-corrected chi connectivity index (χ1v) is 5.69. The number of nitroso groups, excluding NO2 is 1. The summed E-state index contributed by atoms with van der Waals surface area (Å²) in [5, 5.41) is 5.72. The Hall–Kier alpha value is -1.13. The first-order chi connectivity index (χ1) is 7.40. The van der Waals surface area contributed by atoms with Crippen LogP contribution in [0.15, 0.2) is 5.18 Å². The lowest BCUT2D eigenvalue weighted by Gasteiger charge is -2.21. The second-order valence-corrected chi connectivity index (χ2v) is 5.33. The molecule has 0 aromatic rings. The number of alkyl carbamates (subject to hydrolysis) is 1. The molecule has 0 aromatic heterocycles. The SMILES string of the molecule is CC(C)(C)OC(=O)N[C@H]1CC[C@@H](CN=O)C1. The standard InChI is InChI=1S/C11H20N2O3/c1-11(2,3)16-10(14)13-9-5-4-8(6-9)7-12-15/h8-9H,4-7H2,1-3H3,(H,13,14)/t8-,9+/m1/s1. The summed E-state index contributed by atoms with van der Waals surface area (Å²) in [6.07, 6.45) is 2.30. The van der Waals surface area contributed by atoms with E-state index in [0.717, 1.165) is 19.3 Å². The molecule has 0 aliphatic heterocycles. The lowest BCUT2D eigenvalue weighted by Crippen LogP contribution is -2.38. The van der Waals surface area contributed by atoms with E-state index in [1.54, 1.807) is 0 Å². The smallest absolute Gasteiger partial charge is 0.407 e. The van der Waals surface area contributed by atoms with Gasteiger partial charge in [0.25, 0.3) is 0 Å². The van der Waals surface area contributed by atoms with Crippen molar-refractivity contribution in [3.05, 3.63) is 4.91 Å². The number of rotatable bonds is 3. The van der Waals surface area contributed by atoms with Crippen LogP contribution < -0.4 is 5.32 Å². The van der Waals surface area contributed by atoms with Gasteiger partial charge in [-0.3, -0.25) is 0 Å². The molecule has 0 bridgehead atoms. The van der Waals surface area contributed by atoms with Gasteiger partial charge >= 0.3 is 6.09 Å². The average molecular weight is 228 g/mol. The lowest BCUT2D eigenvalue weighted by molar-refractivity contribution is 0.0504. The molecule has 1 aliphatic rings. The van der Waals surface area contributed by atoms with Crippen molar-refractivity contribution in [3.8, 4) is 0 Å². The number of ether oxygens (including phenoxy) is 1. The van der Waals surface area contributed by atoms with Crippen LogP contribution in [0.25, 0.3) is 0 Å². The summed E-state index contributed by atoms with van der Waals surface area (Å²) in [5.41, 5.74) is -0.466. The molecule has 16 heavy (non-hydrogen) atoms. The first-order valence-electron chi connectivity index (χ1n) is 5.69. The van der Waals surface area contributed by atoms with Crippen LogP contribution in [0.4, 0.5) is 4.79 Å². The maximum Gasteiger partial charge on any atom is 0.407 e. The van der Waals surface area contributed by atoms with Gasteiger partial charge in [0.15, 0.2) is 0 Å². The first kappa shape index (κ1) is 12.9. The molecular weight excluding hydrogens is 208 g/mol. The molecule has 1 amide bonds. The number of carbonyl (C=O) groups is 1. The third kappa shape index (κ3) is 4.59. The highest BCUT2D eigenvalue weighted by molar-refractivity contribution is 5.68. The highest BCUT2D eigenvalue weighted by Crippen LogP contribution is 2.25. The van der Waals surface area contributed by atoms with E-state index in [4.69, 9.17) is 4.74 Å². The van der Waals surface area contributed by atoms with Crippen molar-refractivity contribution in [3.63, 3.8) is 0 Å². The topological polar surface area (TPSA) is 67.8 Å². The van der Waals surface area contributed by atoms with Crippen molar-refractivity contribution in [2.75, 3.05) is 6.54 Å². The van der Waals surface area contributed by atoms with Gasteiger partial charge in [-0.1, -0.05) is 5.18 Å². The second-order valence-electron chi connectivity index (χ2n) is 5.33. The largest absolute Gasteiger partial charge is 0.444 e. The van der Waals surface area contributed by atoms with E-state index in [1.165, 1.54) is 0 Å². The van der Waals surface area contributed by atoms with Gasteiger partial charge < -0.3 is 10.1 Å². The number of nitrogens with one attached hydrogen (secondary N) is 1. The Morgan fingerprint density at radius 3 is 2.69 bits per heavy atom. The zero-order chi connectivity index (χ0) is 12.2. The summed E-state index contributed by atoms with van der Waals surface area (Å²) < 4.78 is 5.16. The van der Waals surface area contributed by atoms with Crippen molar-refractivity contribution in [1.82, 2.24) is 5.32 Å². The number of hydrogen-bond donors (Lipinski definition) is 1. The van der Waals surface area contributed by atoms with Crippen molar-refractivity contribution >= 4 is 6.09 Å². The quantitative estimate of drug-likeness (QED) is 0.754. The number of hydrogen-bond acceptors (Lipinski definition) is 4. The van der Waals surface area contributed by atoms with E-state index in [0.29, 0.717) is 12.5 Å². The molecule has 92 valence electrons. The van der Waals surface area contributed by atoms with Crippen LogP contribution in [-0.2, 0) is 4.74 Å². The van der Waals surface area contributed by atoms with Gasteiger partial charge in [-0.15, -0.1) is 0 Å². The zero-order valence-corrected chi connectivity index (χ0v) is 10.2. The molecule has 0 radical (unpaired) electrons. The van der Waals surface area contributed by atoms with Crippen LogP contribution in [0.1, 0.15) is 40.0 Å². The highest BCUT2D eigenvalue weighted by Gasteiger charge is 2.27. The van der Waals surface area contributed by atoms with E-state index in [1.807, 2.05) is 20.8 Å². The minimum atomic E-state index is -0.466. The van der Waals surface area contributed by atoms with Crippen molar-refractivity contribution < 1.29 is 9.53 Å². The third-order valence-electron chi connectivity index (χ3n) is 2.59. The Morgan fingerprint density at radius 1 is 1.44 bits per heavy atom. The Balaban J connectivity index is 2.28. The fourth-order valence-corrected chi connectivity index (χ4v) is 1.95. The summed E-state index contributed by atoms with van der Waals surface area (Å²) in [6, 6.07) is 0.126. The Kier molecular flexibility index (Phi) is 4.26. The molecule has 5 nitrogen and oxygen atoms in total. The minimum absolute atomic E-state index is 0.126.